The first-order valence-electron chi connectivity index (χ1n) is 6.24. The molecule has 0 spiro atoms. The van der Waals surface area contributed by atoms with Gasteiger partial charge in [0.25, 0.3) is 0 Å². The minimum atomic E-state index is -0.140. The lowest BCUT2D eigenvalue weighted by atomic mass is 10.0. The zero-order chi connectivity index (χ0) is 11.4. The highest BCUT2D eigenvalue weighted by molar-refractivity contribution is 5.71. The highest BCUT2D eigenvalue weighted by Gasteiger charge is 2.30. The predicted octanol–water partition coefficient (Wildman–Crippen LogP) is 2.01. The second-order valence-corrected chi connectivity index (χ2v) is 4.51. The Hall–Kier alpha value is -0.610. The van der Waals surface area contributed by atoms with Crippen molar-refractivity contribution in [2.75, 3.05) is 6.61 Å². The van der Waals surface area contributed by atoms with Crippen molar-refractivity contribution >= 4 is 5.97 Å². The second kappa shape index (κ2) is 5.64. The van der Waals surface area contributed by atoms with E-state index in [1.165, 1.54) is 0 Å². The maximum Gasteiger partial charge on any atom is 0.308 e. The molecule has 4 nitrogen and oxygen atoms in total. The van der Waals surface area contributed by atoms with Crippen LogP contribution >= 0.6 is 0 Å². The SMILES string of the molecule is CC[C@@H]1C[C@@H](OC2CCCCO2)CC(=O)O1. The van der Waals surface area contributed by atoms with Gasteiger partial charge in [0, 0.05) is 13.0 Å². The number of hydrogen-bond donors (Lipinski definition) is 0. The van der Waals surface area contributed by atoms with Crippen LogP contribution in [0.15, 0.2) is 0 Å². The maximum atomic E-state index is 11.3. The molecule has 0 aromatic heterocycles. The Morgan fingerprint density at radius 1 is 1.44 bits per heavy atom. The van der Waals surface area contributed by atoms with E-state index in [1.807, 2.05) is 6.92 Å². The number of hydrogen-bond acceptors (Lipinski definition) is 4. The number of cyclic esters (lactones) is 1. The van der Waals surface area contributed by atoms with E-state index >= 15 is 0 Å². The second-order valence-electron chi connectivity index (χ2n) is 4.51. The van der Waals surface area contributed by atoms with E-state index in [-0.39, 0.29) is 24.5 Å². The van der Waals surface area contributed by atoms with Gasteiger partial charge in [-0.1, -0.05) is 6.92 Å². The van der Waals surface area contributed by atoms with Crippen LogP contribution in [0.2, 0.25) is 0 Å². The van der Waals surface area contributed by atoms with Gasteiger partial charge in [-0.3, -0.25) is 4.79 Å². The zero-order valence-electron chi connectivity index (χ0n) is 9.81. The molecule has 3 atom stereocenters. The predicted molar refractivity (Wildman–Crippen MR) is 57.9 cm³/mol. The van der Waals surface area contributed by atoms with E-state index in [0.29, 0.717) is 6.42 Å². The minimum absolute atomic E-state index is 0.0192. The molecule has 2 rings (SSSR count). The van der Waals surface area contributed by atoms with Gasteiger partial charge in [-0.15, -0.1) is 0 Å². The number of carbonyl (C=O) groups is 1. The van der Waals surface area contributed by atoms with Crippen molar-refractivity contribution in [3.8, 4) is 0 Å². The van der Waals surface area contributed by atoms with Crippen LogP contribution in [0.1, 0.15) is 45.4 Å². The Balaban J connectivity index is 1.81. The van der Waals surface area contributed by atoms with Crippen molar-refractivity contribution in [1.29, 1.82) is 0 Å². The van der Waals surface area contributed by atoms with Crippen LogP contribution in [0.5, 0.6) is 0 Å². The Morgan fingerprint density at radius 2 is 2.31 bits per heavy atom. The lowest BCUT2D eigenvalue weighted by molar-refractivity contribution is -0.209. The van der Waals surface area contributed by atoms with E-state index in [1.54, 1.807) is 0 Å². The molecule has 16 heavy (non-hydrogen) atoms. The van der Waals surface area contributed by atoms with Gasteiger partial charge in [-0.05, 0) is 25.7 Å². The average molecular weight is 228 g/mol. The molecular weight excluding hydrogens is 208 g/mol. The fraction of sp³-hybridized carbons (Fsp3) is 0.917. The van der Waals surface area contributed by atoms with E-state index in [0.717, 1.165) is 38.7 Å². The molecule has 0 aromatic carbocycles. The normalized spacial score (nSPS) is 35.8. The topological polar surface area (TPSA) is 44.8 Å². The summed E-state index contributed by atoms with van der Waals surface area (Å²) in [6.45, 7) is 2.80. The molecule has 92 valence electrons. The first-order chi connectivity index (χ1) is 7.78. The molecule has 0 amide bonds. The van der Waals surface area contributed by atoms with E-state index in [9.17, 15) is 4.79 Å². The molecule has 2 aliphatic heterocycles. The van der Waals surface area contributed by atoms with Crippen molar-refractivity contribution in [2.24, 2.45) is 0 Å². The monoisotopic (exact) mass is 228 g/mol. The van der Waals surface area contributed by atoms with Gasteiger partial charge in [0.15, 0.2) is 6.29 Å². The smallest absolute Gasteiger partial charge is 0.308 e. The summed E-state index contributed by atoms with van der Waals surface area (Å²) >= 11 is 0. The van der Waals surface area contributed by atoms with Crippen LogP contribution in [-0.2, 0) is 19.0 Å². The van der Waals surface area contributed by atoms with E-state index in [2.05, 4.69) is 0 Å². The lowest BCUT2D eigenvalue weighted by Crippen LogP contribution is -2.37. The Kier molecular flexibility index (Phi) is 4.18. The summed E-state index contributed by atoms with van der Waals surface area (Å²) in [6.07, 6.45) is 5.15. The van der Waals surface area contributed by atoms with Crippen molar-refractivity contribution < 1.29 is 19.0 Å². The van der Waals surface area contributed by atoms with Crippen LogP contribution in [0.3, 0.4) is 0 Å². The Morgan fingerprint density at radius 3 is 3.00 bits per heavy atom. The van der Waals surface area contributed by atoms with Crippen molar-refractivity contribution in [3.63, 3.8) is 0 Å². The fourth-order valence-corrected chi connectivity index (χ4v) is 2.23. The molecule has 0 saturated carbocycles. The van der Waals surface area contributed by atoms with Gasteiger partial charge in [-0.2, -0.15) is 0 Å². The average Bonchev–Trinajstić information content (AvgIpc) is 2.29. The van der Waals surface area contributed by atoms with E-state index < -0.39 is 0 Å². The summed E-state index contributed by atoms with van der Waals surface area (Å²) in [4.78, 5) is 11.3. The first-order valence-corrected chi connectivity index (χ1v) is 6.24. The molecule has 4 heteroatoms. The summed E-state index contributed by atoms with van der Waals surface area (Å²) < 4.78 is 16.5. The highest BCUT2D eigenvalue weighted by Crippen LogP contribution is 2.24. The molecule has 0 N–H and O–H groups in total. The summed E-state index contributed by atoms with van der Waals surface area (Å²) in [6, 6.07) is 0. The highest BCUT2D eigenvalue weighted by atomic mass is 16.7. The molecule has 2 saturated heterocycles. The number of ether oxygens (including phenoxy) is 3. The lowest BCUT2D eigenvalue weighted by Gasteiger charge is -2.32. The molecule has 1 unspecified atom stereocenters. The van der Waals surface area contributed by atoms with Crippen LogP contribution in [0, 0.1) is 0 Å². The standard InChI is InChI=1S/C12H20O4/c1-2-9-7-10(8-11(13)15-9)16-12-5-3-4-6-14-12/h9-10,12H,2-8H2,1H3/t9-,10-,12?/m1/s1. The van der Waals surface area contributed by atoms with Crippen molar-refractivity contribution in [1.82, 2.24) is 0 Å². The van der Waals surface area contributed by atoms with Crippen molar-refractivity contribution in [3.05, 3.63) is 0 Å². The molecule has 0 bridgehead atoms. The fourth-order valence-electron chi connectivity index (χ4n) is 2.23. The summed E-state index contributed by atoms with van der Waals surface area (Å²) in [7, 11) is 0. The van der Waals surface area contributed by atoms with E-state index in [4.69, 9.17) is 14.2 Å². The molecule has 2 heterocycles. The summed E-state index contributed by atoms with van der Waals surface area (Å²) in [5, 5.41) is 0. The van der Waals surface area contributed by atoms with Gasteiger partial charge < -0.3 is 14.2 Å². The van der Waals surface area contributed by atoms with Crippen LogP contribution < -0.4 is 0 Å². The van der Waals surface area contributed by atoms with Gasteiger partial charge in [0.1, 0.15) is 6.10 Å². The maximum absolute atomic E-state index is 11.3. The Labute approximate surface area is 96.2 Å². The first kappa shape index (κ1) is 11.9. The van der Waals surface area contributed by atoms with Gasteiger partial charge in [-0.25, -0.2) is 0 Å². The zero-order valence-corrected chi connectivity index (χ0v) is 9.81. The number of carbonyl (C=O) groups excluding carboxylic acids is 1. The van der Waals surface area contributed by atoms with Crippen LogP contribution in [-0.4, -0.2) is 31.1 Å². The van der Waals surface area contributed by atoms with Gasteiger partial charge in [0.2, 0.25) is 0 Å². The van der Waals surface area contributed by atoms with Crippen molar-refractivity contribution in [2.45, 2.75) is 63.9 Å². The largest absolute Gasteiger partial charge is 0.462 e. The molecular formula is C12H20O4. The Bertz CT molecular complexity index is 235. The van der Waals surface area contributed by atoms with Gasteiger partial charge >= 0.3 is 5.97 Å². The number of esters is 1. The molecule has 0 aromatic rings. The van der Waals surface area contributed by atoms with Crippen LogP contribution in [0.4, 0.5) is 0 Å². The third-order valence-electron chi connectivity index (χ3n) is 3.16. The molecule has 0 radical (unpaired) electrons. The third kappa shape index (κ3) is 3.19. The minimum Gasteiger partial charge on any atom is -0.462 e. The van der Waals surface area contributed by atoms with Gasteiger partial charge in [0.05, 0.1) is 12.5 Å². The third-order valence-corrected chi connectivity index (χ3v) is 3.16. The molecule has 0 aliphatic carbocycles. The molecule has 2 fully saturated rings. The quantitative estimate of drug-likeness (QED) is 0.693. The molecule has 2 aliphatic rings. The summed E-state index contributed by atoms with van der Waals surface area (Å²) in [5.74, 6) is -0.140. The number of rotatable bonds is 3. The van der Waals surface area contributed by atoms with Crippen LogP contribution in [0.25, 0.3) is 0 Å². The summed E-state index contributed by atoms with van der Waals surface area (Å²) in [5.41, 5.74) is 0.